The van der Waals surface area contributed by atoms with Gasteiger partial charge in [-0.2, -0.15) is 0 Å². The third-order valence-corrected chi connectivity index (χ3v) is 8.67. The zero-order chi connectivity index (χ0) is 26.7. The van der Waals surface area contributed by atoms with Crippen LogP contribution in [0, 0.1) is 5.92 Å². The van der Waals surface area contributed by atoms with Gasteiger partial charge >= 0.3 is 0 Å². The van der Waals surface area contributed by atoms with Crippen LogP contribution in [0.15, 0.2) is 36.4 Å². The minimum atomic E-state index is -0.0553. The number of hydrogen-bond acceptors (Lipinski definition) is 4. The molecule has 0 radical (unpaired) electrons. The van der Waals surface area contributed by atoms with E-state index in [0.29, 0.717) is 15.1 Å². The quantitative estimate of drug-likeness (QED) is 0.434. The van der Waals surface area contributed by atoms with Crippen LogP contribution >= 0.6 is 34.8 Å². The van der Waals surface area contributed by atoms with Gasteiger partial charge in [-0.25, -0.2) is 0 Å². The number of benzene rings is 2. The first-order valence-electron chi connectivity index (χ1n) is 12.9. The Labute approximate surface area is 234 Å². The Morgan fingerprint density at radius 2 is 1.62 bits per heavy atom. The molecule has 2 saturated heterocycles. The highest BCUT2D eigenvalue weighted by atomic mass is 35.5. The highest BCUT2D eigenvalue weighted by Crippen LogP contribution is 2.34. The Morgan fingerprint density at radius 3 is 2.24 bits per heavy atom. The van der Waals surface area contributed by atoms with Crippen LogP contribution in [-0.2, 0) is 9.59 Å². The van der Waals surface area contributed by atoms with Gasteiger partial charge in [-0.3, -0.25) is 9.59 Å². The Morgan fingerprint density at radius 1 is 0.946 bits per heavy atom. The molecule has 2 aromatic rings. The van der Waals surface area contributed by atoms with Crippen LogP contribution < -0.4 is 10.2 Å². The average molecular weight is 566 g/mol. The van der Waals surface area contributed by atoms with E-state index in [1.54, 1.807) is 17.9 Å². The molecule has 0 saturated carbocycles. The van der Waals surface area contributed by atoms with Crippen LogP contribution in [0.5, 0.6) is 0 Å². The lowest BCUT2D eigenvalue weighted by atomic mass is 9.93. The molecule has 4 rings (SSSR count). The van der Waals surface area contributed by atoms with Crippen molar-refractivity contribution in [2.24, 2.45) is 5.92 Å². The van der Waals surface area contributed by atoms with Crippen molar-refractivity contribution in [3.63, 3.8) is 0 Å². The van der Waals surface area contributed by atoms with E-state index < -0.39 is 0 Å². The largest absolute Gasteiger partial charge is 0.377 e. The Hall–Kier alpha value is -2.15. The number of carbonyl (C=O) groups excluding carboxylic acids is 2. The number of likely N-dealkylation sites (tertiary alicyclic amines) is 1. The molecule has 200 valence electrons. The standard InChI is InChI=1S/C28H35Cl3N4O2/c1-18(24-6-4-21(29)16-26(24)31)32-27-17-23(5-7-25(27)30)34-12-8-20(9-13-34)28(37)35-14-10-22(11-15-35)33(3)19(2)36/h4-7,16-18,20,22,32H,8-15H2,1-3H3. The van der Waals surface area contributed by atoms with E-state index in [0.717, 1.165) is 68.8 Å². The normalized spacial score (nSPS) is 18.0. The van der Waals surface area contributed by atoms with Crippen LogP contribution in [0.2, 0.25) is 15.1 Å². The minimum absolute atomic E-state index is 0.0512. The third-order valence-electron chi connectivity index (χ3n) is 7.78. The van der Waals surface area contributed by atoms with E-state index in [1.807, 2.05) is 43.1 Å². The number of halogens is 3. The predicted molar refractivity (Wildman–Crippen MR) is 153 cm³/mol. The highest BCUT2D eigenvalue weighted by molar-refractivity contribution is 6.35. The number of nitrogens with zero attached hydrogens (tertiary/aromatic N) is 3. The number of nitrogens with one attached hydrogen (secondary N) is 1. The summed E-state index contributed by atoms with van der Waals surface area (Å²) in [6.07, 6.45) is 3.35. The van der Waals surface area contributed by atoms with Crippen molar-refractivity contribution in [3.8, 4) is 0 Å². The maximum atomic E-state index is 13.2. The number of carbonyl (C=O) groups is 2. The van der Waals surface area contributed by atoms with E-state index in [1.165, 1.54) is 0 Å². The maximum Gasteiger partial charge on any atom is 0.225 e. The molecule has 2 heterocycles. The van der Waals surface area contributed by atoms with Crippen molar-refractivity contribution in [2.45, 2.75) is 51.6 Å². The lowest BCUT2D eigenvalue weighted by Crippen LogP contribution is -2.49. The number of rotatable bonds is 6. The van der Waals surface area contributed by atoms with Crippen LogP contribution in [0.25, 0.3) is 0 Å². The molecular formula is C28H35Cl3N4O2. The van der Waals surface area contributed by atoms with Crippen LogP contribution in [0.1, 0.15) is 51.1 Å². The third kappa shape index (κ3) is 6.65. The molecule has 1 atom stereocenters. The smallest absolute Gasteiger partial charge is 0.225 e. The minimum Gasteiger partial charge on any atom is -0.377 e. The fourth-order valence-corrected chi connectivity index (χ4v) is 6.10. The summed E-state index contributed by atoms with van der Waals surface area (Å²) in [5.74, 6) is 0.395. The van der Waals surface area contributed by atoms with Crippen LogP contribution in [0.3, 0.4) is 0 Å². The lowest BCUT2D eigenvalue weighted by molar-refractivity contribution is -0.138. The molecule has 2 aromatic carbocycles. The van der Waals surface area contributed by atoms with Gasteiger partial charge in [0, 0.05) is 67.8 Å². The van der Waals surface area contributed by atoms with Gasteiger partial charge in [0.2, 0.25) is 11.8 Å². The number of amides is 2. The van der Waals surface area contributed by atoms with E-state index in [-0.39, 0.29) is 29.8 Å². The topological polar surface area (TPSA) is 55.9 Å². The van der Waals surface area contributed by atoms with E-state index in [2.05, 4.69) is 16.3 Å². The molecule has 0 aliphatic carbocycles. The molecule has 2 aliphatic rings. The van der Waals surface area contributed by atoms with Gasteiger partial charge in [-0.15, -0.1) is 0 Å². The average Bonchev–Trinajstić information content (AvgIpc) is 2.89. The van der Waals surface area contributed by atoms with Gasteiger partial charge in [-0.1, -0.05) is 40.9 Å². The van der Waals surface area contributed by atoms with Crippen molar-refractivity contribution < 1.29 is 9.59 Å². The first kappa shape index (κ1) is 27.9. The molecule has 0 aromatic heterocycles. The zero-order valence-corrected chi connectivity index (χ0v) is 23.9. The molecule has 1 N–H and O–H groups in total. The monoisotopic (exact) mass is 564 g/mol. The van der Waals surface area contributed by atoms with E-state index >= 15 is 0 Å². The molecule has 9 heteroatoms. The van der Waals surface area contributed by atoms with Crippen molar-refractivity contribution in [2.75, 3.05) is 43.4 Å². The van der Waals surface area contributed by atoms with Crippen LogP contribution in [0.4, 0.5) is 11.4 Å². The second kappa shape index (κ2) is 12.1. The summed E-state index contributed by atoms with van der Waals surface area (Å²) in [6.45, 7) is 6.73. The summed E-state index contributed by atoms with van der Waals surface area (Å²) in [6, 6.07) is 11.7. The summed E-state index contributed by atoms with van der Waals surface area (Å²) in [7, 11) is 1.85. The Balaban J connectivity index is 1.33. The Bertz CT molecular complexity index is 1130. The highest BCUT2D eigenvalue weighted by Gasteiger charge is 2.32. The first-order chi connectivity index (χ1) is 17.6. The predicted octanol–water partition coefficient (Wildman–Crippen LogP) is 6.51. The lowest BCUT2D eigenvalue weighted by Gasteiger charge is -2.39. The second-order valence-corrected chi connectivity index (χ2v) is 11.4. The molecule has 37 heavy (non-hydrogen) atoms. The SMILES string of the molecule is CC(=O)N(C)C1CCN(C(=O)C2CCN(c3ccc(Cl)c(NC(C)c4ccc(Cl)cc4Cl)c3)CC2)CC1. The summed E-state index contributed by atoms with van der Waals surface area (Å²) >= 11 is 19.0. The van der Waals surface area contributed by atoms with Crippen molar-refractivity contribution >= 4 is 58.0 Å². The van der Waals surface area contributed by atoms with Crippen molar-refractivity contribution in [1.82, 2.24) is 9.80 Å². The van der Waals surface area contributed by atoms with Crippen LogP contribution in [-0.4, -0.2) is 60.9 Å². The number of piperidine rings is 2. The molecule has 6 nitrogen and oxygen atoms in total. The van der Waals surface area contributed by atoms with Crippen molar-refractivity contribution in [1.29, 1.82) is 0 Å². The van der Waals surface area contributed by atoms with Gasteiger partial charge in [-0.05, 0) is 68.5 Å². The Kier molecular flexibility index (Phi) is 9.15. The second-order valence-electron chi connectivity index (χ2n) is 10.1. The van der Waals surface area contributed by atoms with Gasteiger partial charge < -0.3 is 20.0 Å². The van der Waals surface area contributed by atoms with Gasteiger partial charge in [0.25, 0.3) is 0 Å². The van der Waals surface area contributed by atoms with E-state index in [4.69, 9.17) is 34.8 Å². The molecule has 1 unspecified atom stereocenters. The number of hydrogen-bond donors (Lipinski definition) is 1. The van der Waals surface area contributed by atoms with Gasteiger partial charge in [0.05, 0.1) is 16.8 Å². The first-order valence-corrected chi connectivity index (χ1v) is 14.1. The maximum absolute atomic E-state index is 13.2. The summed E-state index contributed by atoms with van der Waals surface area (Å²) < 4.78 is 0. The van der Waals surface area contributed by atoms with Crippen molar-refractivity contribution in [3.05, 3.63) is 57.0 Å². The molecule has 0 spiro atoms. The molecular weight excluding hydrogens is 531 g/mol. The summed E-state index contributed by atoms with van der Waals surface area (Å²) in [5, 5.41) is 5.34. The molecule has 2 amide bonds. The van der Waals surface area contributed by atoms with Gasteiger partial charge in [0.15, 0.2) is 0 Å². The zero-order valence-electron chi connectivity index (χ0n) is 21.6. The molecule has 0 bridgehead atoms. The number of anilines is 2. The summed E-state index contributed by atoms with van der Waals surface area (Å²) in [5.41, 5.74) is 2.87. The molecule has 2 aliphatic heterocycles. The van der Waals surface area contributed by atoms with Gasteiger partial charge in [0.1, 0.15) is 0 Å². The fourth-order valence-electron chi connectivity index (χ4n) is 5.36. The fraction of sp³-hybridized carbons (Fsp3) is 0.500. The van der Waals surface area contributed by atoms with E-state index in [9.17, 15) is 9.59 Å². The molecule has 2 fully saturated rings. The summed E-state index contributed by atoms with van der Waals surface area (Å²) in [4.78, 5) is 31.0.